The number of halogens is 1. The summed E-state index contributed by atoms with van der Waals surface area (Å²) in [6.45, 7) is 0. The Morgan fingerprint density at radius 1 is 1.22 bits per heavy atom. The first kappa shape index (κ1) is 11.0. The molecule has 0 aliphatic rings. The Kier molecular flexibility index (Phi) is 2.60. The molecule has 3 aromatic rings. The number of anilines is 1. The predicted molar refractivity (Wildman–Crippen MR) is 66.6 cm³/mol. The Hall–Kier alpha value is -2.15. The van der Waals surface area contributed by atoms with Crippen LogP contribution in [0.2, 0.25) is 0 Å². The maximum atomic E-state index is 12.7. The highest BCUT2D eigenvalue weighted by Crippen LogP contribution is 2.24. The molecule has 0 unspecified atom stereocenters. The average Bonchev–Trinajstić information content (AvgIpc) is 2.73. The maximum Gasteiger partial charge on any atom is 0.195 e. The molecule has 5 nitrogen and oxygen atoms in total. The SMILES string of the molecule is Nc1ccc2nc(Sc3ncc(F)cn3)[nH]c2c1. The van der Waals surface area contributed by atoms with Crippen molar-refractivity contribution in [2.75, 3.05) is 5.73 Å². The van der Waals surface area contributed by atoms with Crippen LogP contribution >= 0.6 is 11.8 Å². The molecule has 3 N–H and O–H groups in total. The third-order valence-electron chi connectivity index (χ3n) is 2.27. The van der Waals surface area contributed by atoms with Crippen molar-refractivity contribution >= 4 is 28.5 Å². The van der Waals surface area contributed by atoms with E-state index in [1.807, 2.05) is 6.07 Å². The summed E-state index contributed by atoms with van der Waals surface area (Å²) < 4.78 is 12.7. The van der Waals surface area contributed by atoms with Crippen LogP contribution in [-0.2, 0) is 0 Å². The third kappa shape index (κ3) is 2.12. The van der Waals surface area contributed by atoms with Gasteiger partial charge in [-0.05, 0) is 30.0 Å². The Labute approximate surface area is 106 Å². The molecule has 0 bridgehead atoms. The van der Waals surface area contributed by atoms with Gasteiger partial charge in [-0.3, -0.25) is 0 Å². The molecule has 0 amide bonds. The van der Waals surface area contributed by atoms with Gasteiger partial charge in [0.2, 0.25) is 0 Å². The van der Waals surface area contributed by atoms with Crippen molar-refractivity contribution in [3.05, 3.63) is 36.4 Å². The fourth-order valence-electron chi connectivity index (χ4n) is 1.49. The van der Waals surface area contributed by atoms with Crippen LogP contribution in [0.1, 0.15) is 0 Å². The van der Waals surface area contributed by atoms with Crippen LogP contribution in [0.4, 0.5) is 10.1 Å². The average molecular weight is 261 g/mol. The lowest BCUT2D eigenvalue weighted by Gasteiger charge is -1.94. The number of nitrogens with one attached hydrogen (secondary N) is 1. The molecular weight excluding hydrogens is 253 g/mol. The molecule has 90 valence electrons. The predicted octanol–water partition coefficient (Wildman–Crippen LogP) is 2.23. The van der Waals surface area contributed by atoms with Crippen LogP contribution in [0.15, 0.2) is 40.9 Å². The number of aromatic amines is 1. The lowest BCUT2D eigenvalue weighted by atomic mass is 10.3. The van der Waals surface area contributed by atoms with Crippen LogP contribution in [0.5, 0.6) is 0 Å². The maximum absolute atomic E-state index is 12.7. The molecule has 0 aliphatic heterocycles. The van der Waals surface area contributed by atoms with Gasteiger partial charge in [-0.15, -0.1) is 0 Å². The van der Waals surface area contributed by atoms with Crippen molar-refractivity contribution < 1.29 is 4.39 Å². The van der Waals surface area contributed by atoms with Crippen molar-refractivity contribution in [3.8, 4) is 0 Å². The van der Waals surface area contributed by atoms with Gasteiger partial charge in [0.1, 0.15) is 0 Å². The highest BCUT2D eigenvalue weighted by molar-refractivity contribution is 7.99. The summed E-state index contributed by atoms with van der Waals surface area (Å²) in [5.74, 6) is -0.461. The summed E-state index contributed by atoms with van der Waals surface area (Å²) in [5.41, 5.74) is 8.01. The summed E-state index contributed by atoms with van der Waals surface area (Å²) >= 11 is 1.23. The number of nitrogen functional groups attached to an aromatic ring is 1. The lowest BCUT2D eigenvalue weighted by molar-refractivity contribution is 0.605. The fraction of sp³-hybridized carbons (Fsp3) is 0. The van der Waals surface area contributed by atoms with Gasteiger partial charge < -0.3 is 10.7 Å². The quantitative estimate of drug-likeness (QED) is 0.546. The van der Waals surface area contributed by atoms with Crippen molar-refractivity contribution in [1.29, 1.82) is 0 Å². The fourth-order valence-corrected chi connectivity index (χ4v) is 2.18. The highest BCUT2D eigenvalue weighted by Gasteiger charge is 2.06. The third-order valence-corrected chi connectivity index (χ3v) is 3.05. The van der Waals surface area contributed by atoms with Crippen LogP contribution in [0, 0.1) is 5.82 Å². The molecule has 0 saturated heterocycles. The van der Waals surface area contributed by atoms with E-state index in [-0.39, 0.29) is 0 Å². The van der Waals surface area contributed by atoms with E-state index in [0.717, 1.165) is 23.4 Å². The Bertz CT molecular complexity index is 694. The molecule has 0 fully saturated rings. The molecule has 0 radical (unpaired) electrons. The number of aromatic nitrogens is 4. The molecule has 0 atom stereocenters. The molecular formula is C11H8FN5S. The number of benzene rings is 1. The second kappa shape index (κ2) is 4.26. The number of imidazole rings is 1. The second-order valence-corrected chi connectivity index (χ2v) is 4.56. The zero-order valence-corrected chi connectivity index (χ0v) is 9.91. The van der Waals surface area contributed by atoms with Crippen molar-refractivity contribution in [2.24, 2.45) is 0 Å². The Morgan fingerprint density at radius 3 is 2.78 bits per heavy atom. The first-order chi connectivity index (χ1) is 8.70. The zero-order chi connectivity index (χ0) is 12.5. The van der Waals surface area contributed by atoms with E-state index in [1.165, 1.54) is 11.8 Å². The number of hydrogen-bond acceptors (Lipinski definition) is 5. The first-order valence-electron chi connectivity index (χ1n) is 5.11. The molecule has 0 spiro atoms. The first-order valence-corrected chi connectivity index (χ1v) is 5.93. The summed E-state index contributed by atoms with van der Waals surface area (Å²) in [6.07, 6.45) is 2.24. The van der Waals surface area contributed by atoms with Crippen LogP contribution in [-0.4, -0.2) is 19.9 Å². The van der Waals surface area contributed by atoms with Crippen LogP contribution in [0.3, 0.4) is 0 Å². The van der Waals surface area contributed by atoms with Crippen LogP contribution < -0.4 is 5.73 Å². The van der Waals surface area contributed by atoms with E-state index in [1.54, 1.807) is 12.1 Å². The van der Waals surface area contributed by atoms with E-state index < -0.39 is 5.82 Å². The van der Waals surface area contributed by atoms with Crippen molar-refractivity contribution in [1.82, 2.24) is 19.9 Å². The largest absolute Gasteiger partial charge is 0.399 e. The van der Waals surface area contributed by atoms with Gasteiger partial charge in [-0.25, -0.2) is 19.3 Å². The van der Waals surface area contributed by atoms with E-state index in [9.17, 15) is 4.39 Å². The number of nitrogens with zero attached hydrogens (tertiary/aromatic N) is 3. The van der Waals surface area contributed by atoms with Gasteiger partial charge in [0, 0.05) is 5.69 Å². The van der Waals surface area contributed by atoms with Crippen molar-refractivity contribution in [2.45, 2.75) is 10.3 Å². The molecule has 0 saturated carbocycles. The summed E-state index contributed by atoms with van der Waals surface area (Å²) in [5, 5.41) is 1.07. The number of fused-ring (bicyclic) bond motifs is 1. The number of H-pyrrole nitrogens is 1. The van der Waals surface area contributed by atoms with Gasteiger partial charge >= 0.3 is 0 Å². The van der Waals surface area contributed by atoms with Gasteiger partial charge in [-0.1, -0.05) is 0 Å². The van der Waals surface area contributed by atoms with E-state index in [2.05, 4.69) is 19.9 Å². The minimum atomic E-state index is -0.461. The molecule has 18 heavy (non-hydrogen) atoms. The number of nitrogens with two attached hydrogens (primary N) is 1. The summed E-state index contributed by atoms with van der Waals surface area (Å²) in [7, 11) is 0. The van der Waals surface area contributed by atoms with Crippen LogP contribution in [0.25, 0.3) is 11.0 Å². The van der Waals surface area contributed by atoms with Gasteiger partial charge in [0.15, 0.2) is 16.1 Å². The minimum absolute atomic E-state index is 0.434. The molecule has 0 aliphatic carbocycles. The summed E-state index contributed by atoms with van der Waals surface area (Å²) in [6, 6.07) is 5.42. The standard InChI is InChI=1S/C11H8FN5S/c12-6-4-14-10(15-5-6)18-11-16-8-2-1-7(13)3-9(8)17-11/h1-5H,13H2,(H,16,17). The monoisotopic (exact) mass is 261 g/mol. The van der Waals surface area contributed by atoms with Crippen molar-refractivity contribution in [3.63, 3.8) is 0 Å². The molecule has 3 rings (SSSR count). The number of rotatable bonds is 2. The normalized spacial score (nSPS) is 10.9. The zero-order valence-electron chi connectivity index (χ0n) is 9.09. The van der Waals surface area contributed by atoms with Gasteiger partial charge in [0.25, 0.3) is 0 Å². The Morgan fingerprint density at radius 2 is 2.00 bits per heavy atom. The molecule has 2 heterocycles. The van der Waals surface area contributed by atoms with Gasteiger partial charge in [-0.2, -0.15) is 0 Å². The molecule has 7 heteroatoms. The topological polar surface area (TPSA) is 80.5 Å². The minimum Gasteiger partial charge on any atom is -0.399 e. The lowest BCUT2D eigenvalue weighted by Crippen LogP contribution is -1.87. The molecule has 1 aromatic carbocycles. The highest BCUT2D eigenvalue weighted by atomic mass is 32.2. The Balaban J connectivity index is 1.92. The van der Waals surface area contributed by atoms with E-state index in [0.29, 0.717) is 16.0 Å². The molecule has 2 aromatic heterocycles. The van der Waals surface area contributed by atoms with Gasteiger partial charge in [0.05, 0.1) is 23.4 Å². The second-order valence-electron chi connectivity index (χ2n) is 3.60. The van der Waals surface area contributed by atoms with E-state index in [4.69, 9.17) is 5.73 Å². The smallest absolute Gasteiger partial charge is 0.195 e. The van der Waals surface area contributed by atoms with E-state index >= 15 is 0 Å². The number of hydrogen-bond donors (Lipinski definition) is 2. The summed E-state index contributed by atoms with van der Waals surface area (Å²) in [4.78, 5) is 15.2.